The number of allylic oxidation sites excluding steroid dienone is 3. The summed E-state index contributed by atoms with van der Waals surface area (Å²) in [7, 11) is 0. The van der Waals surface area contributed by atoms with Crippen LogP contribution in [0.3, 0.4) is 0 Å². The molecule has 29 heavy (non-hydrogen) atoms. The molecule has 1 spiro atoms. The standard InChI is InChI=1S/C18H23Cl2N5O3S/c19-11-1-2-13-12(7-11)18(3-5-24(9-18)16(27)21-4-6-26)10-25(13)17(28)23-15-22-8-14(20)29-15/h2,7-8,11,16,21,26-27H,1,3-6,9-10H2,(H,22,23,28). The minimum atomic E-state index is -0.842. The maximum atomic E-state index is 13.0. The number of rotatable bonds is 5. The number of hydrogen-bond donors (Lipinski definition) is 4. The van der Waals surface area contributed by atoms with Gasteiger partial charge >= 0.3 is 6.03 Å². The van der Waals surface area contributed by atoms with E-state index in [2.05, 4.69) is 15.6 Å². The smallest absolute Gasteiger partial charge is 0.328 e. The number of alkyl halides is 1. The summed E-state index contributed by atoms with van der Waals surface area (Å²) in [5.41, 5.74) is 1.65. The Morgan fingerprint density at radius 1 is 1.48 bits per heavy atom. The fourth-order valence-corrected chi connectivity index (χ4v) is 5.30. The second-order valence-corrected chi connectivity index (χ2v) is 9.68. The molecular weight excluding hydrogens is 437 g/mol. The van der Waals surface area contributed by atoms with Crippen molar-refractivity contribution in [3.05, 3.63) is 34.0 Å². The molecule has 2 aliphatic heterocycles. The fourth-order valence-electron chi connectivity index (χ4n) is 4.28. The van der Waals surface area contributed by atoms with Crippen molar-refractivity contribution in [3.8, 4) is 0 Å². The Balaban J connectivity index is 1.54. The molecule has 0 radical (unpaired) electrons. The van der Waals surface area contributed by atoms with Crippen LogP contribution in [-0.2, 0) is 0 Å². The van der Waals surface area contributed by atoms with E-state index in [9.17, 15) is 9.90 Å². The van der Waals surface area contributed by atoms with E-state index in [1.165, 1.54) is 17.5 Å². The maximum Gasteiger partial charge on any atom is 0.328 e. The van der Waals surface area contributed by atoms with Crippen LogP contribution in [0.4, 0.5) is 9.93 Å². The van der Waals surface area contributed by atoms with Gasteiger partial charge in [-0.3, -0.25) is 20.4 Å². The van der Waals surface area contributed by atoms with Crippen LogP contribution in [0.2, 0.25) is 4.34 Å². The number of thiazole rings is 1. The van der Waals surface area contributed by atoms with Gasteiger partial charge in [-0.2, -0.15) is 0 Å². The minimum absolute atomic E-state index is 0.0449. The summed E-state index contributed by atoms with van der Waals surface area (Å²) in [6, 6.07) is -0.254. The highest BCUT2D eigenvalue weighted by Crippen LogP contribution is 2.51. The van der Waals surface area contributed by atoms with Gasteiger partial charge in [0.25, 0.3) is 0 Å². The second kappa shape index (κ2) is 8.50. The van der Waals surface area contributed by atoms with Crippen molar-refractivity contribution in [3.63, 3.8) is 0 Å². The number of aliphatic hydroxyl groups excluding tert-OH is 2. The molecule has 1 aromatic heterocycles. The Labute approximate surface area is 182 Å². The summed E-state index contributed by atoms with van der Waals surface area (Å²) in [5, 5.41) is 25.4. The number of aliphatic hydroxyl groups is 2. The number of fused-ring (bicyclic) bond motifs is 2. The summed E-state index contributed by atoms with van der Waals surface area (Å²) in [4.78, 5) is 20.8. The molecule has 1 aliphatic carbocycles. The molecule has 0 aromatic carbocycles. The number of aromatic nitrogens is 1. The van der Waals surface area contributed by atoms with Crippen LogP contribution < -0.4 is 10.6 Å². The van der Waals surface area contributed by atoms with E-state index in [1.54, 1.807) is 4.90 Å². The average Bonchev–Trinajstić information content (AvgIpc) is 3.39. The van der Waals surface area contributed by atoms with Crippen molar-refractivity contribution in [1.29, 1.82) is 0 Å². The topological polar surface area (TPSA) is 101 Å². The molecule has 2 saturated heterocycles. The van der Waals surface area contributed by atoms with Gasteiger partial charge < -0.3 is 10.2 Å². The summed E-state index contributed by atoms with van der Waals surface area (Å²) in [6.45, 7) is 2.04. The zero-order valence-electron chi connectivity index (χ0n) is 15.6. The monoisotopic (exact) mass is 459 g/mol. The molecule has 158 valence electrons. The van der Waals surface area contributed by atoms with Gasteiger partial charge in [0.1, 0.15) is 4.34 Å². The van der Waals surface area contributed by atoms with Crippen LogP contribution in [0.15, 0.2) is 29.6 Å². The molecule has 4 N–H and O–H groups in total. The van der Waals surface area contributed by atoms with Crippen LogP contribution in [0.5, 0.6) is 0 Å². The predicted molar refractivity (Wildman–Crippen MR) is 113 cm³/mol. The first-order valence-corrected chi connectivity index (χ1v) is 11.1. The molecule has 0 saturated carbocycles. The highest BCUT2D eigenvalue weighted by molar-refractivity contribution is 7.19. The molecule has 8 nitrogen and oxygen atoms in total. The van der Waals surface area contributed by atoms with Gasteiger partial charge in [-0.1, -0.05) is 35.1 Å². The number of hydrogen-bond acceptors (Lipinski definition) is 7. The van der Waals surface area contributed by atoms with Crippen molar-refractivity contribution >= 4 is 45.7 Å². The molecule has 3 aliphatic rings. The summed E-state index contributed by atoms with van der Waals surface area (Å²) in [5.74, 6) is 0. The number of anilines is 1. The Morgan fingerprint density at radius 2 is 2.31 bits per heavy atom. The molecule has 2 fully saturated rings. The summed E-state index contributed by atoms with van der Waals surface area (Å²) >= 11 is 13.5. The third-order valence-corrected chi connectivity index (χ3v) is 6.92. The first-order chi connectivity index (χ1) is 13.9. The molecule has 3 atom stereocenters. The second-order valence-electron chi connectivity index (χ2n) is 7.46. The number of halogens is 2. The van der Waals surface area contributed by atoms with Gasteiger partial charge in [0, 0.05) is 37.3 Å². The Morgan fingerprint density at radius 3 is 3.03 bits per heavy atom. The van der Waals surface area contributed by atoms with Crippen molar-refractivity contribution in [1.82, 2.24) is 20.1 Å². The lowest BCUT2D eigenvalue weighted by molar-refractivity contribution is -0.0143. The normalized spacial score (nSPS) is 27.7. The number of carbonyl (C=O) groups excluding carboxylic acids is 1. The van der Waals surface area contributed by atoms with Gasteiger partial charge in [-0.25, -0.2) is 9.78 Å². The SMILES string of the molecule is O=C(Nc1ncc(Cl)s1)N1CC2(CCN(C(O)NCCO)C2)C2=CC(Cl)CC=C21. The third kappa shape index (κ3) is 4.18. The van der Waals surface area contributed by atoms with Crippen molar-refractivity contribution in [2.24, 2.45) is 5.41 Å². The van der Waals surface area contributed by atoms with Gasteiger partial charge in [-0.05, 0) is 18.4 Å². The van der Waals surface area contributed by atoms with E-state index in [-0.39, 0.29) is 23.4 Å². The number of amides is 2. The molecular formula is C18H23Cl2N5O3S. The van der Waals surface area contributed by atoms with Gasteiger partial charge in [-0.15, -0.1) is 11.6 Å². The number of nitrogens with zero attached hydrogens (tertiary/aromatic N) is 3. The Kier molecular flexibility index (Phi) is 6.17. The average molecular weight is 460 g/mol. The van der Waals surface area contributed by atoms with Crippen LogP contribution in [-0.4, -0.2) is 75.5 Å². The summed E-state index contributed by atoms with van der Waals surface area (Å²) < 4.78 is 0.511. The lowest BCUT2D eigenvalue weighted by Crippen LogP contribution is -2.46. The number of carbonyl (C=O) groups is 1. The van der Waals surface area contributed by atoms with Crippen LogP contribution in [0, 0.1) is 5.41 Å². The molecule has 1 aromatic rings. The maximum absolute atomic E-state index is 13.0. The van der Waals surface area contributed by atoms with Crippen LogP contribution >= 0.6 is 34.5 Å². The van der Waals surface area contributed by atoms with E-state index in [0.29, 0.717) is 42.1 Å². The number of likely N-dealkylation sites (tertiary alicyclic amines) is 2. The first-order valence-electron chi connectivity index (χ1n) is 9.45. The van der Waals surface area contributed by atoms with Crippen LogP contribution in [0.1, 0.15) is 12.8 Å². The third-order valence-electron chi connectivity index (χ3n) is 5.59. The Bertz CT molecular complexity index is 847. The lowest BCUT2D eigenvalue weighted by Gasteiger charge is -2.28. The van der Waals surface area contributed by atoms with E-state index in [0.717, 1.165) is 17.7 Å². The molecule has 4 rings (SSSR count). The van der Waals surface area contributed by atoms with Crippen molar-refractivity contribution < 1.29 is 15.0 Å². The minimum Gasteiger partial charge on any atom is -0.395 e. The van der Waals surface area contributed by atoms with Crippen molar-refractivity contribution in [2.75, 3.05) is 38.1 Å². The van der Waals surface area contributed by atoms with Crippen molar-refractivity contribution in [2.45, 2.75) is 24.6 Å². The Hall–Kier alpha value is -1.20. The molecule has 11 heteroatoms. The zero-order valence-corrected chi connectivity index (χ0v) is 18.0. The molecule has 3 unspecified atom stereocenters. The van der Waals surface area contributed by atoms with E-state index >= 15 is 0 Å². The van der Waals surface area contributed by atoms with E-state index < -0.39 is 6.35 Å². The van der Waals surface area contributed by atoms with E-state index in [1.807, 2.05) is 17.1 Å². The van der Waals surface area contributed by atoms with Gasteiger partial charge in [0.05, 0.1) is 18.2 Å². The molecule has 3 heterocycles. The van der Waals surface area contributed by atoms with E-state index in [4.69, 9.17) is 28.3 Å². The highest BCUT2D eigenvalue weighted by atomic mass is 35.5. The van der Waals surface area contributed by atoms with Gasteiger partial charge in [0.15, 0.2) is 11.5 Å². The first kappa shape index (κ1) is 21.0. The summed E-state index contributed by atoms with van der Waals surface area (Å²) in [6.07, 6.45) is 6.18. The van der Waals surface area contributed by atoms with Gasteiger partial charge in [0.2, 0.25) is 0 Å². The fraction of sp³-hybridized carbons (Fsp3) is 0.556. The predicted octanol–water partition coefficient (Wildman–Crippen LogP) is 2.02. The quantitative estimate of drug-likeness (QED) is 0.396. The molecule has 0 bridgehead atoms. The molecule has 2 amide bonds. The largest absolute Gasteiger partial charge is 0.395 e. The zero-order chi connectivity index (χ0) is 20.6. The number of urea groups is 1. The lowest BCUT2D eigenvalue weighted by atomic mass is 9.79. The van der Waals surface area contributed by atoms with Crippen LogP contribution in [0.25, 0.3) is 0 Å². The number of nitrogens with one attached hydrogen (secondary N) is 2. The highest BCUT2D eigenvalue weighted by Gasteiger charge is 2.52.